The minimum Gasteiger partial charge on any atom is -0.459 e. The average molecular weight is 715 g/mol. The van der Waals surface area contributed by atoms with Crippen LogP contribution in [0.3, 0.4) is 0 Å². The molecule has 282 valence electrons. The normalized spacial score (nSPS) is 44.2. The molecule has 0 aliphatic carbocycles. The van der Waals surface area contributed by atoms with E-state index in [1.807, 2.05) is 6.07 Å². The molecule has 4 N–H and O–H groups in total. The molecule has 6 fully saturated rings. The molecule has 1 aromatic carbocycles. The van der Waals surface area contributed by atoms with Gasteiger partial charge in [0.1, 0.15) is 60.0 Å². The Morgan fingerprint density at radius 2 is 1.08 bits per heavy atom. The molecule has 6 aliphatic heterocycles. The van der Waals surface area contributed by atoms with Gasteiger partial charge in [-0.1, -0.05) is 18.2 Å². The molecule has 0 radical (unpaired) electrons. The molecular weight excluding hydrogens is 664 g/mol. The summed E-state index contributed by atoms with van der Waals surface area (Å²) in [6.45, 7) is 14.9. The van der Waals surface area contributed by atoms with E-state index in [-0.39, 0.29) is 13.2 Å². The van der Waals surface area contributed by atoms with Crippen molar-refractivity contribution >= 4 is 12.3 Å². The number of fused-ring (bicyclic) bond motifs is 3. The minimum absolute atomic E-state index is 0.0686. The lowest BCUT2D eigenvalue weighted by atomic mass is 9.95. The largest absolute Gasteiger partial charge is 0.459 e. The van der Waals surface area contributed by atoms with Crippen LogP contribution in [0.5, 0.6) is 0 Å². The Hall–Kier alpha value is -2.16. The summed E-state index contributed by atoms with van der Waals surface area (Å²) in [4.78, 5) is 22.6. The molecule has 6 aliphatic rings. The van der Waals surface area contributed by atoms with Crippen molar-refractivity contribution in [3.63, 3.8) is 0 Å². The van der Waals surface area contributed by atoms with Gasteiger partial charge in [-0.05, 0) is 74.4 Å². The zero-order valence-electron chi connectivity index (χ0n) is 29.8. The average Bonchev–Trinajstić information content (AvgIpc) is 3.78. The van der Waals surface area contributed by atoms with Crippen LogP contribution in [0.2, 0.25) is 0 Å². The summed E-state index contributed by atoms with van der Waals surface area (Å²) in [5.74, 6) is -2.77. The van der Waals surface area contributed by atoms with Crippen molar-refractivity contribution in [3.05, 3.63) is 35.9 Å². The number of rotatable bonds is 5. The van der Waals surface area contributed by atoms with Crippen LogP contribution in [0.1, 0.15) is 72.7 Å². The van der Waals surface area contributed by atoms with Crippen LogP contribution in [0.25, 0.3) is 0 Å². The van der Waals surface area contributed by atoms with Gasteiger partial charge in [0.15, 0.2) is 42.5 Å². The smallest absolute Gasteiger partial charge is 0.338 e. The molecule has 50 heavy (non-hydrogen) atoms. The van der Waals surface area contributed by atoms with Crippen LogP contribution in [-0.2, 0) is 52.2 Å². The van der Waals surface area contributed by atoms with Crippen molar-refractivity contribution in [2.75, 3.05) is 13.2 Å². The molecule has 0 unspecified atom stereocenters. The van der Waals surface area contributed by atoms with E-state index in [2.05, 4.69) is 0 Å². The van der Waals surface area contributed by atoms with E-state index in [0.717, 1.165) is 0 Å². The number of ether oxygens (including phenoxy) is 10. The Morgan fingerprint density at radius 3 is 1.50 bits per heavy atom. The third kappa shape index (κ3) is 7.78. The van der Waals surface area contributed by atoms with E-state index < -0.39 is 95.6 Å². The highest BCUT2D eigenvalue weighted by molar-refractivity contribution is 5.89. The molecule has 16 nitrogen and oxygen atoms in total. The number of hydrogen-bond donors (Lipinski definition) is 4. The van der Waals surface area contributed by atoms with Gasteiger partial charge in [-0.25, -0.2) is 4.79 Å². The number of benzene rings is 1. The Kier molecular flexibility index (Phi) is 10.7. The summed E-state index contributed by atoms with van der Waals surface area (Å²) in [6, 6.07) is 8.66. The first-order chi connectivity index (χ1) is 23.0. The first-order valence-corrected chi connectivity index (χ1v) is 16.5. The predicted molar refractivity (Wildman–Crippen MR) is 168 cm³/mol. The molecule has 0 saturated carbocycles. The highest BCUT2D eigenvalue weighted by Crippen LogP contribution is 2.44. The van der Waals surface area contributed by atoms with Gasteiger partial charge >= 0.3 is 5.97 Å². The van der Waals surface area contributed by atoms with Crippen LogP contribution in [-0.4, -0.2) is 136 Å². The summed E-state index contributed by atoms with van der Waals surface area (Å²) in [5, 5.41) is 39.7. The first-order valence-electron chi connectivity index (χ1n) is 16.5. The molecule has 0 spiro atoms. The third-order valence-electron chi connectivity index (χ3n) is 9.32. The molecule has 0 aromatic heterocycles. The summed E-state index contributed by atoms with van der Waals surface area (Å²) in [7, 11) is 0. The van der Waals surface area contributed by atoms with Crippen molar-refractivity contribution in [1.82, 2.24) is 0 Å². The second-order valence-corrected chi connectivity index (χ2v) is 15.0. The number of aliphatic hydroxyl groups excluding tert-OH is 1. The zero-order chi connectivity index (χ0) is 37.1. The van der Waals surface area contributed by atoms with Crippen LogP contribution in [0, 0.1) is 0 Å². The lowest BCUT2D eigenvalue weighted by molar-refractivity contribution is -0.231. The maximum atomic E-state index is 11.9. The summed E-state index contributed by atoms with van der Waals surface area (Å²) in [5.41, 5.74) is -3.36. The second-order valence-electron chi connectivity index (χ2n) is 15.0. The number of esters is 1. The molecule has 0 amide bonds. The van der Waals surface area contributed by atoms with Gasteiger partial charge in [0.25, 0.3) is 0 Å². The van der Waals surface area contributed by atoms with Gasteiger partial charge in [0, 0.05) is 0 Å². The van der Waals surface area contributed by atoms with E-state index in [4.69, 9.17) is 52.5 Å². The Labute approximate surface area is 290 Å². The van der Waals surface area contributed by atoms with Crippen molar-refractivity contribution in [1.29, 1.82) is 0 Å². The fourth-order valence-electron chi connectivity index (χ4n) is 6.50. The Bertz CT molecular complexity index is 1360. The molecule has 6 heterocycles. The van der Waals surface area contributed by atoms with Crippen LogP contribution >= 0.6 is 0 Å². The summed E-state index contributed by atoms with van der Waals surface area (Å²) >= 11 is 0. The van der Waals surface area contributed by atoms with Crippen LogP contribution in [0.15, 0.2) is 30.3 Å². The van der Waals surface area contributed by atoms with E-state index in [0.29, 0.717) is 11.8 Å². The van der Waals surface area contributed by atoms with Gasteiger partial charge in [0.05, 0.1) is 12.2 Å². The van der Waals surface area contributed by atoms with E-state index in [1.54, 1.807) is 79.7 Å². The quantitative estimate of drug-likeness (QED) is 0.247. The molecule has 6 saturated heterocycles. The number of hydrogen-bond acceptors (Lipinski definition) is 16. The monoisotopic (exact) mass is 714 g/mol. The van der Waals surface area contributed by atoms with Gasteiger partial charge in [-0.3, -0.25) is 0 Å². The van der Waals surface area contributed by atoms with Gasteiger partial charge < -0.3 is 72.6 Å². The highest BCUT2D eigenvalue weighted by Gasteiger charge is 2.63. The van der Waals surface area contributed by atoms with Gasteiger partial charge in [-0.2, -0.15) is 0 Å². The standard InChI is InChI=1S/C16H20O6.C9H16O5.C9H14O5/c1-15(2)21-12-14(22-15)20-11(16(12,3)18)9-19-13(17)10-7-5-4-6-8-10;2*1-8(2)13-6-7(14-8)12-5(4-10)9(6,3)11/h4-8,11-12,14,18H,9H2,1-3H3;5-7,10-11H,4H2,1-3H3;4-7,11H,1-3H3/t11-,12+,14-,16-;2*5-,6+,7-,9-/m111/s1. The molecule has 12 atom stereocenters. The van der Waals surface area contributed by atoms with Crippen molar-refractivity contribution < 1.29 is 77.4 Å². The zero-order valence-corrected chi connectivity index (χ0v) is 29.8. The van der Waals surface area contributed by atoms with Crippen molar-refractivity contribution in [3.8, 4) is 0 Å². The van der Waals surface area contributed by atoms with E-state index in [9.17, 15) is 24.9 Å². The van der Waals surface area contributed by atoms with Crippen molar-refractivity contribution in [2.24, 2.45) is 0 Å². The SMILES string of the molecule is CC1(C)O[C@H]2O[C@H](C=O)[C@@](C)(O)[C@H]2O1.CC1(C)O[C@H]2O[C@H](CO)[C@@](C)(O)[C@H]2O1.CC1(C)O[C@H]2O[C@H](COC(=O)c3ccccc3)[C@@](C)(O)[C@H]2O1. The maximum Gasteiger partial charge on any atom is 0.338 e. The fourth-order valence-corrected chi connectivity index (χ4v) is 6.50. The van der Waals surface area contributed by atoms with Crippen molar-refractivity contribution in [2.45, 2.75) is 152 Å². The van der Waals surface area contributed by atoms with Crippen LogP contribution in [0.4, 0.5) is 0 Å². The number of carbonyl (C=O) groups is 2. The molecular formula is C34H50O16. The first kappa shape index (κ1) is 39.1. The lowest BCUT2D eigenvalue weighted by Gasteiger charge is -2.29. The third-order valence-corrected chi connectivity index (χ3v) is 9.32. The fraction of sp³-hybridized carbons (Fsp3) is 0.765. The number of aliphatic hydroxyl groups is 4. The highest BCUT2D eigenvalue weighted by atomic mass is 16.9. The maximum absolute atomic E-state index is 11.9. The second kappa shape index (κ2) is 13.7. The Balaban J connectivity index is 0.000000152. The van der Waals surface area contributed by atoms with E-state index >= 15 is 0 Å². The number of carbonyl (C=O) groups excluding carboxylic acids is 2. The lowest BCUT2D eigenvalue weighted by Crippen LogP contribution is -2.48. The van der Waals surface area contributed by atoms with Gasteiger partial charge in [0.2, 0.25) is 0 Å². The number of aldehydes is 1. The molecule has 7 rings (SSSR count). The molecule has 0 bridgehead atoms. The molecule has 16 heteroatoms. The molecule has 1 aromatic rings. The minimum atomic E-state index is -1.32. The van der Waals surface area contributed by atoms with Crippen LogP contribution < -0.4 is 0 Å². The summed E-state index contributed by atoms with van der Waals surface area (Å²) in [6.07, 6.45) is -5.31. The topological polar surface area (TPSA) is 207 Å². The Morgan fingerprint density at radius 1 is 0.660 bits per heavy atom. The van der Waals surface area contributed by atoms with Gasteiger partial charge in [-0.15, -0.1) is 0 Å². The van der Waals surface area contributed by atoms with E-state index in [1.165, 1.54) is 6.92 Å². The predicted octanol–water partition coefficient (Wildman–Crippen LogP) is 0.890. The summed E-state index contributed by atoms with van der Waals surface area (Å²) < 4.78 is 54.5.